The molecule has 0 N–H and O–H groups in total. The zero-order valence-corrected chi connectivity index (χ0v) is 26.6. The van der Waals surface area contributed by atoms with Gasteiger partial charge in [-0.2, -0.15) is 5.10 Å². The van der Waals surface area contributed by atoms with Gasteiger partial charge < -0.3 is 4.74 Å². The molecule has 0 atom stereocenters. The minimum atomic E-state index is 0.413. The van der Waals surface area contributed by atoms with E-state index in [2.05, 4.69) is 112 Å². The van der Waals surface area contributed by atoms with Gasteiger partial charge >= 0.3 is 0 Å². The maximum atomic E-state index is 6.50. The van der Waals surface area contributed by atoms with Gasteiger partial charge in [0.15, 0.2) is 0 Å². The third kappa shape index (κ3) is 5.29. The SMILES string of the molecule is CCc1cc(C)cc(CC)c1-c1cnn(-c2cccc(Oc3ccc4c5ccccc5n(-c5cc(C(C)C)ccn5)c4c3)c2)c1. The van der Waals surface area contributed by atoms with E-state index in [1.165, 1.54) is 38.6 Å². The van der Waals surface area contributed by atoms with Crippen LogP contribution in [0.15, 0.2) is 110 Å². The summed E-state index contributed by atoms with van der Waals surface area (Å²) in [6.45, 7) is 11.0. The van der Waals surface area contributed by atoms with E-state index in [1.807, 2.05) is 41.3 Å². The van der Waals surface area contributed by atoms with Gasteiger partial charge in [0, 0.05) is 40.9 Å². The molecule has 0 saturated heterocycles. The Bertz CT molecular complexity index is 2140. The van der Waals surface area contributed by atoms with Crippen molar-refractivity contribution in [3.05, 3.63) is 132 Å². The van der Waals surface area contributed by atoms with Gasteiger partial charge in [-0.15, -0.1) is 0 Å². The maximum absolute atomic E-state index is 6.50. The molecule has 7 aromatic rings. The normalized spacial score (nSPS) is 11.6. The van der Waals surface area contributed by atoms with Crippen LogP contribution in [0.4, 0.5) is 0 Å². The number of aromatic nitrogens is 4. The average Bonchev–Trinajstić information content (AvgIpc) is 3.67. The molecule has 0 saturated carbocycles. The Labute approximate surface area is 264 Å². The van der Waals surface area contributed by atoms with Crippen LogP contribution in [0, 0.1) is 6.92 Å². The quantitative estimate of drug-likeness (QED) is 0.177. The summed E-state index contributed by atoms with van der Waals surface area (Å²) in [5, 5.41) is 7.13. The van der Waals surface area contributed by atoms with E-state index >= 15 is 0 Å². The Kier molecular flexibility index (Phi) is 7.46. The number of para-hydroxylation sites is 1. The highest BCUT2D eigenvalue weighted by atomic mass is 16.5. The molecular weight excluding hydrogens is 552 g/mol. The van der Waals surface area contributed by atoms with Crippen LogP contribution in [-0.2, 0) is 12.8 Å². The van der Waals surface area contributed by atoms with Crippen molar-refractivity contribution in [2.75, 3.05) is 0 Å². The highest BCUT2D eigenvalue weighted by Crippen LogP contribution is 2.36. The zero-order valence-electron chi connectivity index (χ0n) is 26.6. The van der Waals surface area contributed by atoms with Gasteiger partial charge in [0.05, 0.1) is 22.9 Å². The van der Waals surface area contributed by atoms with Crippen LogP contribution >= 0.6 is 0 Å². The van der Waals surface area contributed by atoms with Gasteiger partial charge in [-0.3, -0.25) is 4.57 Å². The molecule has 0 amide bonds. The van der Waals surface area contributed by atoms with Crippen LogP contribution in [0.3, 0.4) is 0 Å². The smallest absolute Gasteiger partial charge is 0.137 e. The monoisotopic (exact) mass is 590 g/mol. The van der Waals surface area contributed by atoms with Crippen LogP contribution in [-0.4, -0.2) is 19.3 Å². The maximum Gasteiger partial charge on any atom is 0.137 e. The third-order valence-corrected chi connectivity index (χ3v) is 8.71. The summed E-state index contributed by atoms with van der Waals surface area (Å²) in [6.07, 6.45) is 7.99. The second kappa shape index (κ2) is 11.7. The second-order valence-corrected chi connectivity index (χ2v) is 12.1. The van der Waals surface area contributed by atoms with E-state index in [4.69, 9.17) is 14.8 Å². The second-order valence-electron chi connectivity index (χ2n) is 12.1. The Morgan fingerprint density at radius 1 is 0.756 bits per heavy atom. The standard InChI is InChI=1S/C40H38N4O/c1-6-28-19-27(5)20-29(7-2)40(28)31-24-42-43(25-31)32-11-10-12-33(22-32)45-34-15-16-36-35-13-8-9-14-37(35)44(38(36)23-34)39-21-30(26(3)4)17-18-41-39/h8-26H,6-7H2,1-5H3. The van der Waals surface area contributed by atoms with Crippen LogP contribution in [0.5, 0.6) is 11.5 Å². The van der Waals surface area contributed by atoms with Crippen molar-refractivity contribution in [2.24, 2.45) is 0 Å². The van der Waals surface area contributed by atoms with Crippen LogP contribution < -0.4 is 4.74 Å². The molecule has 0 fully saturated rings. The third-order valence-electron chi connectivity index (χ3n) is 8.71. The average molecular weight is 591 g/mol. The molecule has 0 aliphatic heterocycles. The predicted molar refractivity (Wildman–Crippen MR) is 185 cm³/mol. The highest BCUT2D eigenvalue weighted by molar-refractivity contribution is 6.09. The molecule has 5 nitrogen and oxygen atoms in total. The Hall–Kier alpha value is -5.16. The fraction of sp³-hybridized carbons (Fsp3) is 0.200. The first-order valence-corrected chi connectivity index (χ1v) is 15.9. The molecule has 3 aromatic heterocycles. The molecule has 0 aliphatic carbocycles. The van der Waals surface area contributed by atoms with Crippen molar-refractivity contribution < 1.29 is 4.74 Å². The van der Waals surface area contributed by atoms with E-state index < -0.39 is 0 Å². The molecule has 0 aliphatic rings. The number of hydrogen-bond donors (Lipinski definition) is 0. The van der Waals surface area contributed by atoms with Crippen molar-refractivity contribution in [1.82, 2.24) is 19.3 Å². The summed E-state index contributed by atoms with van der Waals surface area (Å²) in [6, 6.07) is 31.8. The Morgan fingerprint density at radius 2 is 1.51 bits per heavy atom. The Balaban J connectivity index is 1.25. The number of pyridine rings is 1. The lowest BCUT2D eigenvalue weighted by atomic mass is 9.91. The Morgan fingerprint density at radius 3 is 2.29 bits per heavy atom. The lowest BCUT2D eigenvalue weighted by Gasteiger charge is -2.13. The van der Waals surface area contributed by atoms with Gasteiger partial charge in [-0.25, -0.2) is 9.67 Å². The first kappa shape index (κ1) is 28.6. The molecule has 224 valence electrons. The number of nitrogens with zero attached hydrogens (tertiary/aromatic N) is 4. The summed E-state index contributed by atoms with van der Waals surface area (Å²) in [5.74, 6) is 2.85. The van der Waals surface area contributed by atoms with Gasteiger partial charge in [-0.05, 0) is 90.4 Å². The molecular formula is C40H38N4O. The lowest BCUT2D eigenvalue weighted by molar-refractivity contribution is 0.483. The van der Waals surface area contributed by atoms with Crippen LogP contribution in [0.2, 0.25) is 0 Å². The summed E-state index contributed by atoms with van der Waals surface area (Å²) in [4.78, 5) is 4.79. The molecule has 0 unspecified atom stereocenters. The van der Waals surface area contributed by atoms with E-state index in [0.717, 1.165) is 52.4 Å². The highest BCUT2D eigenvalue weighted by Gasteiger charge is 2.16. The van der Waals surface area contributed by atoms with Gasteiger partial charge in [0.25, 0.3) is 0 Å². The van der Waals surface area contributed by atoms with Crippen LogP contribution in [0.25, 0.3) is 44.4 Å². The first-order chi connectivity index (χ1) is 21.9. The topological polar surface area (TPSA) is 44.9 Å². The van der Waals surface area contributed by atoms with Crippen LogP contribution in [0.1, 0.15) is 55.9 Å². The first-order valence-electron chi connectivity index (χ1n) is 15.9. The minimum absolute atomic E-state index is 0.413. The van der Waals surface area contributed by atoms with Gasteiger partial charge in [0.1, 0.15) is 17.3 Å². The molecule has 0 spiro atoms. The number of rotatable bonds is 8. The predicted octanol–water partition coefficient (Wildman–Crippen LogP) is 10.4. The van der Waals surface area contributed by atoms with E-state index in [1.54, 1.807) is 0 Å². The molecule has 3 heterocycles. The van der Waals surface area contributed by atoms with E-state index in [9.17, 15) is 0 Å². The van der Waals surface area contributed by atoms with Gasteiger partial charge in [-0.1, -0.05) is 69.7 Å². The molecule has 45 heavy (non-hydrogen) atoms. The van der Waals surface area contributed by atoms with Crippen molar-refractivity contribution in [2.45, 2.75) is 53.4 Å². The fourth-order valence-corrected chi connectivity index (χ4v) is 6.47. The van der Waals surface area contributed by atoms with Crippen molar-refractivity contribution in [3.63, 3.8) is 0 Å². The molecule has 4 aromatic carbocycles. The molecule has 7 rings (SSSR count). The molecule has 5 heteroatoms. The zero-order chi connectivity index (χ0) is 31.1. The number of aryl methyl sites for hydroxylation is 3. The number of fused-ring (bicyclic) bond motifs is 3. The fourth-order valence-electron chi connectivity index (χ4n) is 6.47. The van der Waals surface area contributed by atoms with Crippen molar-refractivity contribution in [3.8, 4) is 34.1 Å². The lowest BCUT2D eigenvalue weighted by Crippen LogP contribution is -1.99. The number of hydrogen-bond acceptors (Lipinski definition) is 3. The number of ether oxygens (including phenoxy) is 1. The summed E-state index contributed by atoms with van der Waals surface area (Å²) in [7, 11) is 0. The minimum Gasteiger partial charge on any atom is -0.457 e. The summed E-state index contributed by atoms with van der Waals surface area (Å²) >= 11 is 0. The number of benzene rings is 4. The largest absolute Gasteiger partial charge is 0.457 e. The van der Waals surface area contributed by atoms with E-state index in [0.29, 0.717) is 5.92 Å². The van der Waals surface area contributed by atoms with Gasteiger partial charge in [0.2, 0.25) is 0 Å². The van der Waals surface area contributed by atoms with Crippen molar-refractivity contribution in [1.29, 1.82) is 0 Å². The van der Waals surface area contributed by atoms with E-state index in [-0.39, 0.29) is 0 Å². The molecule has 0 radical (unpaired) electrons. The summed E-state index contributed by atoms with van der Waals surface area (Å²) < 4.78 is 10.7. The molecule has 0 bridgehead atoms. The summed E-state index contributed by atoms with van der Waals surface area (Å²) in [5.41, 5.74) is 10.9. The van der Waals surface area contributed by atoms with Crippen molar-refractivity contribution >= 4 is 21.8 Å².